The minimum absolute atomic E-state index is 0.00992. The number of aliphatic hydroxyl groups excluding tert-OH is 1. The molecule has 2 aliphatic heterocycles. The van der Waals surface area contributed by atoms with Crippen molar-refractivity contribution in [3.63, 3.8) is 0 Å². The predicted molar refractivity (Wildman–Crippen MR) is 124 cm³/mol. The normalized spacial score (nSPS) is 20.6. The highest BCUT2D eigenvalue weighted by atomic mass is 16.5. The number of Topliss-reactive ketones (excluding diaryl/α,β-unsaturated/α-hetero) is 1. The Bertz CT molecular complexity index is 1070. The Morgan fingerprint density at radius 2 is 1.88 bits per heavy atom. The molecule has 0 aliphatic carbocycles. The number of aliphatic hydroxyl groups is 1. The number of aromatic nitrogens is 1. The summed E-state index contributed by atoms with van der Waals surface area (Å²) in [6.45, 7) is 6.28. The van der Waals surface area contributed by atoms with E-state index >= 15 is 0 Å². The maximum atomic E-state index is 13.1. The lowest BCUT2D eigenvalue weighted by molar-refractivity contribution is -0.140. The Balaban J connectivity index is 1.70. The SMILES string of the molecule is CCOc1cc(C2/C(=C(\O)c3ccncc3)C(=O)C(=O)N2CCCN2CCOCC2)ccc1O. The van der Waals surface area contributed by atoms with Crippen LogP contribution in [0.4, 0.5) is 0 Å². The molecule has 9 nitrogen and oxygen atoms in total. The molecule has 2 aromatic rings. The molecule has 1 aromatic heterocycles. The number of morpholine rings is 1. The molecule has 3 heterocycles. The monoisotopic (exact) mass is 467 g/mol. The molecule has 0 bridgehead atoms. The van der Waals surface area contributed by atoms with Gasteiger partial charge in [0.2, 0.25) is 0 Å². The Kier molecular flexibility index (Phi) is 7.44. The van der Waals surface area contributed by atoms with Gasteiger partial charge in [-0.3, -0.25) is 19.5 Å². The summed E-state index contributed by atoms with van der Waals surface area (Å²) in [6, 6.07) is 7.09. The van der Waals surface area contributed by atoms with Crippen molar-refractivity contribution in [3.05, 3.63) is 59.4 Å². The van der Waals surface area contributed by atoms with Crippen molar-refractivity contribution >= 4 is 17.4 Å². The fourth-order valence-electron chi connectivity index (χ4n) is 4.38. The molecular formula is C25H29N3O6. The quantitative estimate of drug-likeness (QED) is 0.346. The number of hydrogen-bond donors (Lipinski definition) is 2. The van der Waals surface area contributed by atoms with E-state index in [-0.39, 0.29) is 22.8 Å². The lowest BCUT2D eigenvalue weighted by atomic mass is 9.95. The molecule has 4 rings (SSSR count). The topological polar surface area (TPSA) is 112 Å². The molecule has 2 N–H and O–H groups in total. The number of rotatable bonds is 8. The molecule has 0 spiro atoms. The number of ether oxygens (including phenoxy) is 2. The molecule has 0 saturated carbocycles. The van der Waals surface area contributed by atoms with E-state index in [0.717, 1.165) is 19.6 Å². The van der Waals surface area contributed by atoms with Crippen molar-refractivity contribution in [1.29, 1.82) is 0 Å². The second-order valence-corrected chi connectivity index (χ2v) is 8.20. The van der Waals surface area contributed by atoms with Crippen molar-refractivity contribution in [2.75, 3.05) is 46.0 Å². The zero-order valence-electron chi connectivity index (χ0n) is 19.1. The maximum absolute atomic E-state index is 13.1. The van der Waals surface area contributed by atoms with Gasteiger partial charge in [-0.05, 0) is 43.2 Å². The van der Waals surface area contributed by atoms with Crippen molar-refractivity contribution < 1.29 is 29.3 Å². The largest absolute Gasteiger partial charge is 0.507 e. The molecule has 1 aromatic carbocycles. The van der Waals surface area contributed by atoms with Crippen LogP contribution in [0.3, 0.4) is 0 Å². The molecule has 34 heavy (non-hydrogen) atoms. The first kappa shape index (κ1) is 23.7. The number of carbonyl (C=O) groups is 2. The molecular weight excluding hydrogens is 438 g/mol. The van der Waals surface area contributed by atoms with Crippen LogP contribution in [0.25, 0.3) is 5.76 Å². The van der Waals surface area contributed by atoms with Gasteiger partial charge in [0.1, 0.15) is 5.76 Å². The lowest BCUT2D eigenvalue weighted by Crippen LogP contribution is -2.38. The molecule has 1 atom stereocenters. The zero-order chi connectivity index (χ0) is 24.1. The summed E-state index contributed by atoms with van der Waals surface area (Å²) in [6.07, 6.45) is 3.68. The fraction of sp³-hybridized carbons (Fsp3) is 0.400. The van der Waals surface area contributed by atoms with Crippen LogP contribution in [0.2, 0.25) is 0 Å². The summed E-state index contributed by atoms with van der Waals surface area (Å²) in [5.74, 6) is -1.44. The fourth-order valence-corrected chi connectivity index (χ4v) is 4.38. The van der Waals surface area contributed by atoms with Gasteiger partial charge in [-0.25, -0.2) is 0 Å². The van der Waals surface area contributed by atoms with E-state index < -0.39 is 17.7 Å². The summed E-state index contributed by atoms with van der Waals surface area (Å²) in [7, 11) is 0. The van der Waals surface area contributed by atoms with Gasteiger partial charge in [0.05, 0.1) is 31.4 Å². The van der Waals surface area contributed by atoms with Crippen molar-refractivity contribution in [2.45, 2.75) is 19.4 Å². The zero-order valence-corrected chi connectivity index (χ0v) is 19.1. The summed E-state index contributed by atoms with van der Waals surface area (Å²) in [5.41, 5.74) is 0.980. The predicted octanol–water partition coefficient (Wildman–Crippen LogP) is 2.33. The second kappa shape index (κ2) is 10.7. The van der Waals surface area contributed by atoms with Crippen LogP contribution < -0.4 is 4.74 Å². The number of phenols is 1. The highest BCUT2D eigenvalue weighted by Crippen LogP contribution is 2.41. The average Bonchev–Trinajstić information content (AvgIpc) is 3.11. The van der Waals surface area contributed by atoms with Crippen molar-refractivity contribution in [2.24, 2.45) is 0 Å². The van der Waals surface area contributed by atoms with Crippen LogP contribution >= 0.6 is 0 Å². The van der Waals surface area contributed by atoms with Crippen LogP contribution in [-0.2, 0) is 14.3 Å². The summed E-state index contributed by atoms with van der Waals surface area (Å²) < 4.78 is 10.9. The van der Waals surface area contributed by atoms with Gasteiger partial charge >= 0.3 is 0 Å². The Morgan fingerprint density at radius 1 is 1.15 bits per heavy atom. The molecule has 0 radical (unpaired) electrons. The first-order valence-electron chi connectivity index (χ1n) is 11.5. The maximum Gasteiger partial charge on any atom is 0.295 e. The number of likely N-dealkylation sites (tertiary alicyclic amines) is 1. The Hall–Kier alpha value is -3.43. The van der Waals surface area contributed by atoms with Gasteiger partial charge in [-0.2, -0.15) is 0 Å². The number of phenolic OH excluding ortho intramolecular Hbond substituents is 1. The standard InChI is InChI=1S/C25H29N3O6/c1-2-34-20-16-18(4-5-19(20)29)22-21(23(30)17-6-8-26-9-7-17)24(31)25(32)28(22)11-3-10-27-12-14-33-15-13-27/h4-9,16,22,29-30H,2-3,10-15H2,1H3/b23-21+. The van der Waals surface area contributed by atoms with E-state index in [1.807, 2.05) is 0 Å². The number of nitrogens with zero attached hydrogens (tertiary/aromatic N) is 3. The van der Waals surface area contributed by atoms with E-state index in [1.54, 1.807) is 31.2 Å². The van der Waals surface area contributed by atoms with Crippen molar-refractivity contribution in [3.8, 4) is 11.5 Å². The van der Waals surface area contributed by atoms with Crippen LogP contribution in [0.1, 0.15) is 30.5 Å². The average molecular weight is 468 g/mol. The second-order valence-electron chi connectivity index (χ2n) is 8.20. The van der Waals surface area contributed by atoms with E-state index in [1.165, 1.54) is 23.4 Å². The van der Waals surface area contributed by atoms with Crippen molar-refractivity contribution in [1.82, 2.24) is 14.8 Å². The smallest absolute Gasteiger partial charge is 0.295 e. The van der Waals surface area contributed by atoms with E-state index in [2.05, 4.69) is 9.88 Å². The van der Waals surface area contributed by atoms with Gasteiger partial charge in [0.15, 0.2) is 11.5 Å². The van der Waals surface area contributed by atoms with E-state index in [9.17, 15) is 19.8 Å². The number of pyridine rings is 1. The Labute approximate surface area is 198 Å². The molecule has 180 valence electrons. The van der Waals surface area contributed by atoms with Gasteiger partial charge in [-0.1, -0.05) is 6.07 Å². The molecule has 2 aliphatic rings. The third kappa shape index (κ3) is 4.90. The highest BCUT2D eigenvalue weighted by molar-refractivity contribution is 6.46. The summed E-state index contributed by atoms with van der Waals surface area (Å²) in [4.78, 5) is 33.9. The van der Waals surface area contributed by atoms with Crippen LogP contribution in [0.15, 0.2) is 48.3 Å². The molecule has 2 fully saturated rings. The highest BCUT2D eigenvalue weighted by Gasteiger charge is 2.46. The first-order valence-corrected chi connectivity index (χ1v) is 11.5. The first-order chi connectivity index (χ1) is 16.5. The number of carbonyl (C=O) groups excluding carboxylic acids is 2. The molecule has 2 saturated heterocycles. The van der Waals surface area contributed by atoms with E-state index in [4.69, 9.17) is 9.47 Å². The molecule has 9 heteroatoms. The number of aromatic hydroxyl groups is 1. The number of hydrogen-bond acceptors (Lipinski definition) is 8. The molecule has 1 unspecified atom stereocenters. The van der Waals surface area contributed by atoms with Gasteiger partial charge in [0, 0.05) is 44.1 Å². The third-order valence-electron chi connectivity index (χ3n) is 6.07. The van der Waals surface area contributed by atoms with Gasteiger partial charge in [0.25, 0.3) is 11.7 Å². The lowest BCUT2D eigenvalue weighted by Gasteiger charge is -2.29. The Morgan fingerprint density at radius 3 is 2.59 bits per heavy atom. The third-order valence-corrected chi connectivity index (χ3v) is 6.07. The number of ketones is 1. The van der Waals surface area contributed by atoms with Gasteiger partial charge in [-0.15, -0.1) is 0 Å². The van der Waals surface area contributed by atoms with Gasteiger partial charge < -0.3 is 24.6 Å². The van der Waals surface area contributed by atoms with Crippen LogP contribution in [0, 0.1) is 0 Å². The van der Waals surface area contributed by atoms with Crippen LogP contribution in [-0.4, -0.2) is 82.7 Å². The van der Waals surface area contributed by atoms with Crippen LogP contribution in [0.5, 0.6) is 11.5 Å². The van der Waals surface area contributed by atoms with E-state index in [0.29, 0.717) is 43.9 Å². The summed E-state index contributed by atoms with van der Waals surface area (Å²) in [5, 5.41) is 21.2. The number of benzene rings is 1. The molecule has 1 amide bonds. The number of amides is 1. The minimum Gasteiger partial charge on any atom is -0.507 e. The minimum atomic E-state index is -0.808. The summed E-state index contributed by atoms with van der Waals surface area (Å²) >= 11 is 0.